The highest BCUT2D eigenvalue weighted by molar-refractivity contribution is 5.82. The summed E-state index contributed by atoms with van der Waals surface area (Å²) in [5.74, 6) is 0.786. The number of carbonyl (C=O) groups excluding carboxylic acids is 1. The molecule has 2 aliphatic rings. The summed E-state index contributed by atoms with van der Waals surface area (Å²) in [4.78, 5) is 31.0. The molecule has 0 spiro atoms. The van der Waals surface area contributed by atoms with E-state index in [0.29, 0.717) is 39.3 Å². The van der Waals surface area contributed by atoms with Crippen LogP contribution in [-0.4, -0.2) is 85.1 Å². The van der Waals surface area contributed by atoms with Gasteiger partial charge in [-0.25, -0.2) is 14.6 Å². The molecule has 0 unspecified atom stereocenters. The lowest BCUT2D eigenvalue weighted by Crippen LogP contribution is -2.55. The van der Waals surface area contributed by atoms with Gasteiger partial charge in [0.15, 0.2) is 0 Å². The Morgan fingerprint density at radius 3 is 2.74 bits per heavy atom. The van der Waals surface area contributed by atoms with Crippen molar-refractivity contribution in [2.45, 2.75) is 50.6 Å². The third-order valence-electron chi connectivity index (χ3n) is 6.84. The topological polar surface area (TPSA) is 125 Å². The van der Waals surface area contributed by atoms with Crippen LogP contribution in [0.15, 0.2) is 42.5 Å². The van der Waals surface area contributed by atoms with Gasteiger partial charge in [0.2, 0.25) is 0 Å². The summed E-state index contributed by atoms with van der Waals surface area (Å²) >= 11 is 0. The van der Waals surface area contributed by atoms with E-state index >= 15 is 0 Å². The Hall–Kier alpha value is -3.37. The number of hydrogen-bond acceptors (Lipinski definition) is 7. The third kappa shape index (κ3) is 8.88. The van der Waals surface area contributed by atoms with E-state index in [9.17, 15) is 14.7 Å². The minimum absolute atomic E-state index is 0.0588. The molecule has 2 aromatic rings. The van der Waals surface area contributed by atoms with Gasteiger partial charge in [-0.15, -0.1) is 0 Å². The predicted molar refractivity (Wildman–Crippen MR) is 145 cm³/mol. The Bertz CT molecular complexity index is 1030. The number of urea groups is 1. The fourth-order valence-corrected chi connectivity index (χ4v) is 4.57. The molecule has 1 saturated heterocycles. The molecule has 4 N–H and O–H groups in total. The van der Waals surface area contributed by atoms with Crippen molar-refractivity contribution in [3.63, 3.8) is 0 Å². The van der Waals surface area contributed by atoms with Gasteiger partial charge in [0.05, 0.1) is 19.3 Å². The van der Waals surface area contributed by atoms with E-state index in [0.717, 1.165) is 62.5 Å². The van der Waals surface area contributed by atoms with Gasteiger partial charge >= 0.3 is 12.0 Å². The molecule has 10 nitrogen and oxygen atoms in total. The maximum Gasteiger partial charge on any atom is 0.326 e. The number of ether oxygens (including phenoxy) is 2. The third-order valence-corrected chi connectivity index (χ3v) is 6.84. The van der Waals surface area contributed by atoms with Crippen molar-refractivity contribution in [2.24, 2.45) is 0 Å². The number of fused-ring (bicyclic) bond motifs is 1. The van der Waals surface area contributed by atoms with E-state index in [4.69, 9.17) is 14.5 Å². The maximum absolute atomic E-state index is 12.2. The van der Waals surface area contributed by atoms with Crippen molar-refractivity contribution < 1.29 is 24.2 Å². The number of carboxylic acid groups (broad SMARTS) is 1. The average Bonchev–Trinajstić information content (AvgIpc) is 2.91. The fourth-order valence-electron chi connectivity index (χ4n) is 4.57. The molecule has 206 valence electrons. The van der Waals surface area contributed by atoms with Crippen LogP contribution in [0.1, 0.15) is 36.9 Å². The lowest BCUT2D eigenvalue weighted by molar-refractivity contribution is -0.139. The van der Waals surface area contributed by atoms with Crippen molar-refractivity contribution in [3.8, 4) is 5.75 Å². The maximum atomic E-state index is 12.2. The highest BCUT2D eigenvalue weighted by Gasteiger charge is 2.25. The number of hydrogen-bond donors (Lipinski definition) is 4. The fraction of sp³-hybridized carbons (Fsp3) is 0.536. The van der Waals surface area contributed by atoms with E-state index in [1.165, 1.54) is 5.56 Å². The van der Waals surface area contributed by atoms with Crippen molar-refractivity contribution in [1.29, 1.82) is 0 Å². The molecule has 0 aliphatic carbocycles. The van der Waals surface area contributed by atoms with Crippen LogP contribution in [-0.2, 0) is 22.4 Å². The summed E-state index contributed by atoms with van der Waals surface area (Å²) in [6.07, 6.45) is 5.36. The van der Waals surface area contributed by atoms with Crippen LogP contribution < -0.4 is 20.7 Å². The largest absolute Gasteiger partial charge is 0.492 e. The van der Waals surface area contributed by atoms with E-state index in [2.05, 4.69) is 33.0 Å². The minimum Gasteiger partial charge on any atom is -0.492 e. The number of carbonyl (C=O) groups is 2. The number of benzene rings is 1. The summed E-state index contributed by atoms with van der Waals surface area (Å²) in [6, 6.07) is 12.4. The number of unbranched alkanes of at least 4 members (excludes halogenated alkanes) is 1. The van der Waals surface area contributed by atoms with Crippen LogP contribution in [0.25, 0.3) is 0 Å². The Balaban J connectivity index is 1.25. The monoisotopic (exact) mass is 525 g/mol. The number of carboxylic acids is 1. The number of para-hydroxylation sites is 1. The standard InChI is InChI=1S/C28H39N5O5/c34-27(35)25(32-28(36)31-23-19-37-20-23)13-16-33(17-18-38-24-9-2-1-3-10-24)15-5-4-8-22-12-11-21-7-6-14-29-26(21)30-22/h1-3,9-12,23,25H,4-8,13-20H2,(H,29,30)(H,34,35)(H2,31,32,36)/t25-/m1/s1. The Labute approximate surface area is 224 Å². The van der Waals surface area contributed by atoms with Gasteiger partial charge in [-0.05, 0) is 68.8 Å². The van der Waals surface area contributed by atoms with Crippen LogP contribution in [0, 0.1) is 0 Å². The van der Waals surface area contributed by atoms with Gasteiger partial charge < -0.3 is 30.5 Å². The molecule has 38 heavy (non-hydrogen) atoms. The number of rotatable bonds is 15. The number of amides is 2. The lowest BCUT2D eigenvalue weighted by Gasteiger charge is -2.28. The number of aliphatic carboxylic acids is 1. The molecule has 0 radical (unpaired) electrons. The molecule has 0 bridgehead atoms. The van der Waals surface area contributed by atoms with Crippen LogP contribution in [0.3, 0.4) is 0 Å². The summed E-state index contributed by atoms with van der Waals surface area (Å²) < 4.78 is 10.9. The predicted octanol–water partition coefficient (Wildman–Crippen LogP) is 2.68. The molecule has 0 saturated carbocycles. The first-order valence-corrected chi connectivity index (χ1v) is 13.6. The molecule has 1 aromatic carbocycles. The molecule has 3 heterocycles. The SMILES string of the molecule is O=C(NC1COC1)N[C@H](CCN(CCCCc1ccc2c(n1)NCCC2)CCOc1ccccc1)C(=O)O. The molecule has 1 aromatic heterocycles. The molecule has 4 rings (SSSR count). The van der Waals surface area contributed by atoms with Crippen molar-refractivity contribution in [3.05, 3.63) is 53.7 Å². The number of aryl methyl sites for hydroxylation is 2. The number of pyridine rings is 1. The number of nitrogens with zero attached hydrogens (tertiary/aromatic N) is 2. The van der Waals surface area contributed by atoms with E-state index < -0.39 is 18.0 Å². The second kappa shape index (κ2) is 14.5. The first kappa shape index (κ1) is 27.7. The smallest absolute Gasteiger partial charge is 0.326 e. The highest BCUT2D eigenvalue weighted by Crippen LogP contribution is 2.20. The summed E-state index contributed by atoms with van der Waals surface area (Å²) in [5.41, 5.74) is 2.39. The van der Waals surface area contributed by atoms with E-state index in [1.807, 2.05) is 30.3 Å². The first-order valence-electron chi connectivity index (χ1n) is 13.6. The van der Waals surface area contributed by atoms with Crippen LogP contribution >= 0.6 is 0 Å². The van der Waals surface area contributed by atoms with Crippen molar-refractivity contribution in [2.75, 3.05) is 51.3 Å². The summed E-state index contributed by atoms with van der Waals surface area (Å²) in [7, 11) is 0. The second-order valence-electron chi connectivity index (χ2n) is 9.83. The van der Waals surface area contributed by atoms with Gasteiger partial charge in [-0.2, -0.15) is 0 Å². The molecule has 10 heteroatoms. The average molecular weight is 526 g/mol. The molecule has 1 atom stereocenters. The van der Waals surface area contributed by atoms with Gasteiger partial charge in [0.1, 0.15) is 24.2 Å². The zero-order valence-electron chi connectivity index (χ0n) is 21.9. The Kier molecular flexibility index (Phi) is 10.6. The van der Waals surface area contributed by atoms with Gasteiger partial charge in [-0.1, -0.05) is 24.3 Å². The van der Waals surface area contributed by atoms with Gasteiger partial charge in [-0.3, -0.25) is 4.90 Å². The Morgan fingerprint density at radius 2 is 1.97 bits per heavy atom. The van der Waals surface area contributed by atoms with Crippen molar-refractivity contribution in [1.82, 2.24) is 20.5 Å². The normalized spacial score (nSPS) is 15.6. The van der Waals surface area contributed by atoms with Crippen LogP contribution in [0.2, 0.25) is 0 Å². The molecular weight excluding hydrogens is 486 g/mol. The summed E-state index contributed by atoms with van der Waals surface area (Å²) in [6.45, 7) is 4.38. The Morgan fingerprint density at radius 1 is 1.13 bits per heavy atom. The van der Waals surface area contributed by atoms with Gasteiger partial charge in [0.25, 0.3) is 0 Å². The minimum atomic E-state index is -1.04. The van der Waals surface area contributed by atoms with E-state index in [1.54, 1.807) is 0 Å². The zero-order chi connectivity index (χ0) is 26.6. The summed E-state index contributed by atoms with van der Waals surface area (Å²) in [5, 5.41) is 18.4. The van der Waals surface area contributed by atoms with E-state index in [-0.39, 0.29) is 6.04 Å². The molecule has 2 aliphatic heterocycles. The number of aromatic nitrogens is 1. The second-order valence-corrected chi connectivity index (χ2v) is 9.83. The van der Waals surface area contributed by atoms with Gasteiger partial charge in [0, 0.05) is 25.3 Å². The van der Waals surface area contributed by atoms with Crippen LogP contribution in [0.4, 0.5) is 10.6 Å². The quantitative estimate of drug-likeness (QED) is 0.262. The van der Waals surface area contributed by atoms with Crippen LogP contribution in [0.5, 0.6) is 5.75 Å². The van der Waals surface area contributed by atoms with Crippen molar-refractivity contribution >= 4 is 17.8 Å². The number of nitrogens with one attached hydrogen (secondary N) is 3. The molecular formula is C28H39N5O5. The first-order chi connectivity index (χ1) is 18.6. The highest BCUT2D eigenvalue weighted by atomic mass is 16.5. The molecule has 1 fully saturated rings. The zero-order valence-corrected chi connectivity index (χ0v) is 21.9. The lowest BCUT2D eigenvalue weighted by atomic mass is 10.1. The number of anilines is 1. The molecule has 2 amide bonds.